The molecule has 3 rings (SSSR count). The average molecular weight is 377 g/mol. The minimum atomic E-state index is -0.422. The molecule has 0 fully saturated rings. The van der Waals surface area contributed by atoms with Crippen LogP contribution < -0.4 is 0 Å². The van der Waals surface area contributed by atoms with E-state index in [1.165, 1.54) is 17.7 Å². The molecule has 1 aromatic heterocycles. The predicted octanol–water partition coefficient (Wildman–Crippen LogP) is 5.12. The first-order valence-corrected chi connectivity index (χ1v) is 9.16. The van der Waals surface area contributed by atoms with Crippen molar-refractivity contribution in [3.63, 3.8) is 0 Å². The largest absolute Gasteiger partial charge is 0.391 e. The second kappa shape index (κ2) is 8.52. The van der Waals surface area contributed by atoms with Crippen LogP contribution in [0.4, 0.5) is 5.69 Å². The molecule has 0 radical (unpaired) electrons. The van der Waals surface area contributed by atoms with E-state index < -0.39 is 4.92 Å². The van der Waals surface area contributed by atoms with E-state index in [9.17, 15) is 10.1 Å². The molecule has 6 nitrogen and oxygen atoms in total. The van der Waals surface area contributed by atoms with Gasteiger partial charge in [-0.15, -0.1) is 0 Å². The Hall–Kier alpha value is -3.41. The van der Waals surface area contributed by atoms with E-state index in [1.54, 1.807) is 18.3 Å². The fourth-order valence-electron chi connectivity index (χ4n) is 3.16. The lowest BCUT2D eigenvalue weighted by Crippen LogP contribution is -2.00. The van der Waals surface area contributed by atoms with Crippen LogP contribution in [0.15, 0.2) is 59.8 Å². The van der Waals surface area contributed by atoms with Gasteiger partial charge in [0.05, 0.1) is 11.1 Å². The van der Waals surface area contributed by atoms with Crippen molar-refractivity contribution in [2.45, 2.75) is 33.8 Å². The SMILES string of the molecule is CCc1ccc(-n2c(C)cc(/C=N\OCc3cccc([N+](=O)[O-])c3)c2C)cc1. The Labute approximate surface area is 164 Å². The zero-order chi connectivity index (χ0) is 20.1. The monoisotopic (exact) mass is 377 g/mol. The molecule has 0 aliphatic carbocycles. The number of hydrogen-bond acceptors (Lipinski definition) is 4. The highest BCUT2D eigenvalue weighted by Gasteiger charge is 2.10. The lowest BCUT2D eigenvalue weighted by molar-refractivity contribution is -0.384. The van der Waals surface area contributed by atoms with Gasteiger partial charge in [0.2, 0.25) is 0 Å². The summed E-state index contributed by atoms with van der Waals surface area (Å²) in [6, 6.07) is 16.9. The van der Waals surface area contributed by atoms with Crippen LogP contribution in [0, 0.1) is 24.0 Å². The molecular weight excluding hydrogens is 354 g/mol. The third kappa shape index (κ3) is 4.28. The van der Waals surface area contributed by atoms with Crippen LogP contribution in [0.25, 0.3) is 5.69 Å². The fraction of sp³-hybridized carbons (Fsp3) is 0.227. The summed E-state index contributed by atoms with van der Waals surface area (Å²) < 4.78 is 2.18. The van der Waals surface area contributed by atoms with E-state index in [2.05, 4.69) is 53.9 Å². The average Bonchev–Trinajstić information content (AvgIpc) is 2.99. The molecule has 0 unspecified atom stereocenters. The van der Waals surface area contributed by atoms with Gasteiger partial charge in [-0.1, -0.05) is 36.3 Å². The van der Waals surface area contributed by atoms with E-state index in [4.69, 9.17) is 4.84 Å². The molecule has 28 heavy (non-hydrogen) atoms. The maximum Gasteiger partial charge on any atom is 0.269 e. The standard InChI is InChI=1S/C22H23N3O3/c1-4-18-8-10-21(11-9-18)24-16(2)12-20(17(24)3)14-23-28-15-19-6-5-7-22(13-19)25(26)27/h5-14H,4,15H2,1-3H3/b23-14-. The Kier molecular flexibility index (Phi) is 5.89. The molecule has 0 saturated carbocycles. The number of nitrogens with zero attached hydrogens (tertiary/aromatic N) is 3. The van der Waals surface area contributed by atoms with Crippen molar-refractivity contribution in [1.29, 1.82) is 0 Å². The first-order chi connectivity index (χ1) is 13.5. The summed E-state index contributed by atoms with van der Waals surface area (Å²) in [5.74, 6) is 0. The van der Waals surface area contributed by atoms with Crippen molar-refractivity contribution < 1.29 is 9.76 Å². The second-order valence-electron chi connectivity index (χ2n) is 6.62. The molecule has 144 valence electrons. The number of nitro groups is 1. The molecule has 0 atom stereocenters. The fourth-order valence-corrected chi connectivity index (χ4v) is 3.16. The van der Waals surface area contributed by atoms with Gasteiger partial charge in [-0.05, 0) is 49.6 Å². The molecule has 2 aromatic carbocycles. The molecule has 0 bridgehead atoms. The molecule has 6 heteroatoms. The van der Waals surface area contributed by atoms with Crippen LogP contribution in [0.3, 0.4) is 0 Å². The Morgan fingerprint density at radius 2 is 1.86 bits per heavy atom. The topological polar surface area (TPSA) is 69.7 Å². The van der Waals surface area contributed by atoms with E-state index in [1.807, 2.05) is 6.92 Å². The number of aryl methyl sites for hydroxylation is 2. The minimum Gasteiger partial charge on any atom is -0.391 e. The van der Waals surface area contributed by atoms with Gasteiger partial charge in [-0.2, -0.15) is 0 Å². The first kappa shape index (κ1) is 19.4. The lowest BCUT2D eigenvalue weighted by Gasteiger charge is -2.10. The number of non-ortho nitro benzene ring substituents is 1. The molecule has 0 aliphatic rings. The van der Waals surface area contributed by atoms with Gasteiger partial charge >= 0.3 is 0 Å². The lowest BCUT2D eigenvalue weighted by atomic mass is 10.1. The van der Waals surface area contributed by atoms with E-state index >= 15 is 0 Å². The van der Waals surface area contributed by atoms with E-state index in [0.717, 1.165) is 29.1 Å². The first-order valence-electron chi connectivity index (χ1n) is 9.16. The third-order valence-electron chi connectivity index (χ3n) is 4.69. The number of benzene rings is 2. The highest BCUT2D eigenvalue weighted by atomic mass is 16.6. The summed E-state index contributed by atoms with van der Waals surface area (Å²) in [7, 11) is 0. The summed E-state index contributed by atoms with van der Waals surface area (Å²) in [6.07, 6.45) is 2.69. The molecule has 0 saturated heterocycles. The van der Waals surface area contributed by atoms with Gasteiger partial charge in [-0.3, -0.25) is 10.1 Å². The van der Waals surface area contributed by atoms with Gasteiger partial charge in [0, 0.05) is 34.8 Å². The van der Waals surface area contributed by atoms with Crippen molar-refractivity contribution in [3.8, 4) is 5.69 Å². The van der Waals surface area contributed by atoms with Gasteiger partial charge in [0.25, 0.3) is 5.69 Å². The third-order valence-corrected chi connectivity index (χ3v) is 4.69. The molecule has 0 spiro atoms. The van der Waals surface area contributed by atoms with Crippen molar-refractivity contribution >= 4 is 11.9 Å². The molecule has 0 aliphatic heterocycles. The number of oxime groups is 1. The van der Waals surface area contributed by atoms with Crippen LogP contribution >= 0.6 is 0 Å². The van der Waals surface area contributed by atoms with Gasteiger partial charge in [0.1, 0.15) is 6.61 Å². The maximum absolute atomic E-state index is 10.8. The molecule has 1 heterocycles. The Morgan fingerprint density at radius 3 is 2.54 bits per heavy atom. The summed E-state index contributed by atoms with van der Waals surface area (Å²) in [4.78, 5) is 15.7. The van der Waals surface area contributed by atoms with Crippen molar-refractivity contribution in [2.75, 3.05) is 0 Å². The van der Waals surface area contributed by atoms with E-state index in [-0.39, 0.29) is 12.3 Å². The van der Waals surface area contributed by atoms with Gasteiger partial charge in [0.15, 0.2) is 0 Å². The zero-order valence-corrected chi connectivity index (χ0v) is 16.3. The summed E-state index contributed by atoms with van der Waals surface area (Å²) in [6.45, 7) is 6.42. The highest BCUT2D eigenvalue weighted by molar-refractivity contribution is 5.81. The van der Waals surface area contributed by atoms with Gasteiger partial charge < -0.3 is 9.40 Å². The molecule has 0 amide bonds. The maximum atomic E-state index is 10.8. The number of aromatic nitrogens is 1. The minimum absolute atomic E-state index is 0.0442. The normalized spacial score (nSPS) is 11.1. The number of hydrogen-bond donors (Lipinski definition) is 0. The Morgan fingerprint density at radius 1 is 1.11 bits per heavy atom. The Bertz CT molecular complexity index is 1000. The highest BCUT2D eigenvalue weighted by Crippen LogP contribution is 2.20. The number of rotatable bonds is 7. The van der Waals surface area contributed by atoms with Gasteiger partial charge in [-0.25, -0.2) is 0 Å². The predicted molar refractivity (Wildman–Crippen MR) is 110 cm³/mol. The summed E-state index contributed by atoms with van der Waals surface area (Å²) in [5.41, 5.74) is 6.32. The van der Waals surface area contributed by atoms with Crippen LogP contribution in [0.1, 0.15) is 35.0 Å². The molecule has 0 N–H and O–H groups in total. The zero-order valence-electron chi connectivity index (χ0n) is 16.3. The Balaban J connectivity index is 1.71. The molecular formula is C22H23N3O3. The summed E-state index contributed by atoms with van der Waals surface area (Å²) >= 11 is 0. The summed E-state index contributed by atoms with van der Waals surface area (Å²) in [5, 5.41) is 14.9. The molecule has 3 aromatic rings. The van der Waals surface area contributed by atoms with E-state index in [0.29, 0.717) is 5.56 Å². The van der Waals surface area contributed by atoms with Crippen LogP contribution in [0.5, 0.6) is 0 Å². The second-order valence-corrected chi connectivity index (χ2v) is 6.62. The smallest absolute Gasteiger partial charge is 0.269 e. The van der Waals surface area contributed by atoms with Crippen LogP contribution in [0.2, 0.25) is 0 Å². The van der Waals surface area contributed by atoms with Crippen LogP contribution in [-0.4, -0.2) is 15.7 Å². The van der Waals surface area contributed by atoms with Crippen molar-refractivity contribution in [3.05, 3.63) is 92.8 Å². The van der Waals surface area contributed by atoms with Crippen molar-refractivity contribution in [1.82, 2.24) is 4.57 Å². The van der Waals surface area contributed by atoms with Crippen molar-refractivity contribution in [2.24, 2.45) is 5.16 Å². The number of nitro benzene ring substituents is 1. The quantitative estimate of drug-likeness (QED) is 0.326. The van der Waals surface area contributed by atoms with Crippen LogP contribution in [-0.2, 0) is 17.9 Å².